The van der Waals surface area contributed by atoms with Gasteiger partial charge in [-0.1, -0.05) is 387 Å². The Morgan fingerprint density at radius 2 is 0.345 bits per heavy atom. The van der Waals surface area contributed by atoms with Crippen LogP contribution in [-0.2, 0) is 32.1 Å². The summed E-state index contributed by atoms with van der Waals surface area (Å²) in [6, 6.07) is 84.4. The van der Waals surface area contributed by atoms with Crippen LogP contribution in [0.4, 0.5) is 0 Å². The fourth-order valence-corrected chi connectivity index (χ4v) is 21.9. The van der Waals surface area contributed by atoms with Crippen molar-refractivity contribution in [3.05, 3.63) is 326 Å². The maximum atomic E-state index is 5.77. The molecule has 5 aliphatic carbocycles. The van der Waals surface area contributed by atoms with Gasteiger partial charge in [-0.25, -0.2) is 0 Å². The Morgan fingerprint density at radius 3 is 0.524 bits per heavy atom. The Bertz CT molecular complexity index is 5450. The molecule has 5 nitrogen and oxygen atoms in total. The van der Waals surface area contributed by atoms with Crippen LogP contribution >= 0.6 is 0 Å². The molecule has 0 bridgehead atoms. The lowest BCUT2D eigenvalue weighted by Crippen LogP contribution is -2.15. The molecule has 0 amide bonds. The van der Waals surface area contributed by atoms with Crippen molar-refractivity contribution in [2.45, 2.75) is 358 Å². The van der Waals surface area contributed by atoms with E-state index in [9.17, 15) is 0 Å². The van der Waals surface area contributed by atoms with Crippen LogP contribution in [0.5, 0.6) is 28.7 Å². The third-order valence-electron chi connectivity index (χ3n) is 31.1. The van der Waals surface area contributed by atoms with Gasteiger partial charge in [0.05, 0.1) is 33.5 Å². The molecule has 770 valence electrons. The van der Waals surface area contributed by atoms with E-state index in [-0.39, 0.29) is 0 Å². The van der Waals surface area contributed by atoms with Crippen LogP contribution in [0.25, 0.3) is 0 Å². The fraction of sp³-hybridized carbons (Fsp3) is 0.500. The van der Waals surface area contributed by atoms with Gasteiger partial charge in [0.25, 0.3) is 0 Å². The first kappa shape index (κ1) is 114. The summed E-state index contributed by atoms with van der Waals surface area (Å²) >= 11 is 0. The highest BCUT2D eigenvalue weighted by Gasteiger charge is 2.26. The van der Waals surface area contributed by atoms with Crippen LogP contribution in [0.15, 0.2) is 243 Å². The van der Waals surface area contributed by atoms with Gasteiger partial charge in [-0.3, -0.25) is 0 Å². The first-order chi connectivity index (χ1) is 71.3. The Kier molecular flexibility index (Phi) is 54.0. The van der Waals surface area contributed by atoms with Crippen molar-refractivity contribution in [2.24, 2.45) is 59.2 Å². The molecule has 5 saturated carbocycles. The monoisotopic (exact) mass is 1940 g/mol. The van der Waals surface area contributed by atoms with Gasteiger partial charge < -0.3 is 23.7 Å². The Labute approximate surface area is 882 Å². The van der Waals surface area contributed by atoms with E-state index >= 15 is 0 Å². The van der Waals surface area contributed by atoms with Crippen molar-refractivity contribution in [1.29, 1.82) is 0 Å². The number of ether oxygens (including phenoxy) is 5. The van der Waals surface area contributed by atoms with E-state index in [4.69, 9.17) is 23.7 Å². The lowest BCUT2D eigenvalue weighted by atomic mass is 9.78. The van der Waals surface area contributed by atoms with Crippen LogP contribution in [-0.4, -0.2) is 33.5 Å². The van der Waals surface area contributed by atoms with Crippen LogP contribution in [0.3, 0.4) is 0 Å². The maximum absolute atomic E-state index is 5.77. The van der Waals surface area contributed by atoms with Gasteiger partial charge in [-0.2, -0.15) is 0 Å². The summed E-state index contributed by atoms with van der Waals surface area (Å²) in [5.74, 6) is 46.9. The van der Waals surface area contributed by atoms with Gasteiger partial charge in [0.2, 0.25) is 0 Å². The van der Waals surface area contributed by atoms with Gasteiger partial charge in [0.15, 0.2) is 0 Å². The molecule has 145 heavy (non-hydrogen) atoms. The molecule has 0 aliphatic heterocycles. The summed E-state index contributed by atoms with van der Waals surface area (Å²) in [5, 5.41) is 0. The standard InChI is InChI=1S/C30H40O.C29H38O.C28H36O.C27H34O.C26H32O/c1-3-5-6-24-31-30-22-20-29(21-23-30)19-18-28-16-14-27(15-17-28)13-12-26-10-8-25(7-4-2)9-11-26;1-3-5-23-30-29-21-19-28(20-22-29)18-17-27-15-13-26(14-16-27)12-11-25-9-7-24(6-4-2)8-10-25;1-3-5-23-6-8-24(9-7-23)10-11-25-12-14-26(15-13-25)16-17-27-18-20-28(21-19-27)29-22-4-2;1-3-5-22-6-8-23(9-7-22)10-11-24-12-14-25(15-13-24)16-17-26-18-20-27(21-19-26)28-4-2;1-3-4-21-5-7-22(8-6-21)9-10-23-11-13-24(14-12-23)15-16-25-17-19-26(27-2)20-18-25/h14-17,20-23,25-26H,3-13,24H2,1-2H3;13-16,19-22,24-25H,3-12,23H2,1-2H3;12-15,18-21,23-24H,3-11,22H2,1-2H3;12-15,18-23H,3-11H2,1-2H3;11-14,17-22H,3-10H2,1-2H3. The zero-order valence-electron chi connectivity index (χ0n) is 91.3. The molecule has 0 aromatic heterocycles. The van der Waals surface area contributed by atoms with Crippen LogP contribution in [0.1, 0.15) is 409 Å². The summed E-state index contributed by atoms with van der Waals surface area (Å²) < 4.78 is 27.8. The molecule has 0 spiro atoms. The molecular formula is C140H180O5. The average Bonchev–Trinajstić information content (AvgIpc) is 0.887. The Balaban J connectivity index is 0.000000173. The van der Waals surface area contributed by atoms with Crippen molar-refractivity contribution in [3.8, 4) is 88.0 Å². The molecule has 0 saturated heterocycles. The van der Waals surface area contributed by atoms with Crippen molar-refractivity contribution in [2.75, 3.05) is 33.5 Å². The highest BCUT2D eigenvalue weighted by molar-refractivity contribution is 5.50. The quantitative estimate of drug-likeness (QED) is 0.0283. The number of aryl methyl sites for hydroxylation is 5. The number of rotatable bonds is 40. The Hall–Kier alpha value is -11.0. The fourth-order valence-electron chi connectivity index (χ4n) is 21.9. The largest absolute Gasteiger partial charge is 0.497 e. The van der Waals surface area contributed by atoms with Gasteiger partial charge in [-0.05, 0) is 359 Å². The summed E-state index contributed by atoms with van der Waals surface area (Å²) in [5.41, 5.74) is 17.8. The third-order valence-corrected chi connectivity index (χ3v) is 31.1. The molecule has 0 unspecified atom stereocenters. The zero-order valence-corrected chi connectivity index (χ0v) is 91.3. The van der Waals surface area contributed by atoms with Crippen molar-refractivity contribution in [1.82, 2.24) is 0 Å². The van der Waals surface area contributed by atoms with Gasteiger partial charge in [-0.15, -0.1) is 0 Å². The number of unbranched alkanes of at least 4 members (excludes halogenated alkanes) is 3. The molecule has 10 aromatic carbocycles. The van der Waals surface area contributed by atoms with Crippen molar-refractivity contribution in [3.63, 3.8) is 0 Å². The average molecular weight is 1940 g/mol. The minimum atomic E-state index is 0.692. The van der Waals surface area contributed by atoms with E-state index in [1.165, 1.54) is 297 Å². The van der Waals surface area contributed by atoms with E-state index < -0.39 is 0 Å². The molecule has 0 atom stereocenters. The summed E-state index contributed by atoms with van der Waals surface area (Å²) in [6.45, 7) is 23.1. The molecule has 5 heteroatoms. The Morgan fingerprint density at radius 1 is 0.172 bits per heavy atom. The number of hydrogen-bond donors (Lipinski definition) is 0. The van der Waals surface area contributed by atoms with E-state index in [1.54, 1.807) is 7.11 Å². The number of benzene rings is 10. The van der Waals surface area contributed by atoms with Gasteiger partial charge in [0.1, 0.15) is 28.7 Å². The molecule has 10 aromatic rings. The second-order valence-electron chi connectivity index (χ2n) is 42.7. The minimum Gasteiger partial charge on any atom is -0.497 e. The third kappa shape index (κ3) is 45.5. The topological polar surface area (TPSA) is 46.2 Å². The second kappa shape index (κ2) is 68.4. The highest BCUT2D eigenvalue weighted by Crippen LogP contribution is 2.40. The lowest BCUT2D eigenvalue weighted by molar-refractivity contribution is 0.252. The van der Waals surface area contributed by atoms with Crippen LogP contribution < -0.4 is 23.7 Å². The molecule has 5 fully saturated rings. The lowest BCUT2D eigenvalue weighted by Gasteiger charge is -2.28. The first-order valence-corrected chi connectivity index (χ1v) is 57.9. The van der Waals surface area contributed by atoms with Crippen molar-refractivity contribution < 1.29 is 23.7 Å². The summed E-state index contributed by atoms with van der Waals surface area (Å²) in [6.07, 6.45) is 62.5. The van der Waals surface area contributed by atoms with E-state index in [0.29, 0.717) is 6.61 Å². The number of hydrogen-bond acceptors (Lipinski definition) is 5. The van der Waals surface area contributed by atoms with Crippen LogP contribution in [0, 0.1) is 118 Å². The number of methoxy groups -OCH3 is 1. The zero-order chi connectivity index (χ0) is 102. The van der Waals surface area contributed by atoms with Gasteiger partial charge in [0, 0.05) is 55.6 Å². The molecule has 5 aliphatic rings. The van der Waals surface area contributed by atoms with Crippen LogP contribution in [0.2, 0.25) is 0 Å². The van der Waals surface area contributed by atoms with Gasteiger partial charge >= 0.3 is 0 Å². The maximum Gasteiger partial charge on any atom is 0.119 e. The minimum absolute atomic E-state index is 0.692. The molecule has 0 N–H and O–H groups in total. The van der Waals surface area contributed by atoms with Crippen molar-refractivity contribution >= 4 is 0 Å². The normalized spacial score (nSPS) is 18.7. The molecule has 15 rings (SSSR count). The molecule has 0 heterocycles. The van der Waals surface area contributed by atoms with E-state index in [2.05, 4.69) is 236 Å². The second-order valence-corrected chi connectivity index (χ2v) is 42.7. The highest BCUT2D eigenvalue weighted by atomic mass is 16.5. The predicted octanol–water partition coefficient (Wildman–Crippen LogP) is 37.1. The van der Waals surface area contributed by atoms with E-state index in [0.717, 1.165) is 189 Å². The molecule has 0 radical (unpaired) electrons. The smallest absolute Gasteiger partial charge is 0.119 e. The SMILES string of the molecule is CCCC1CCC(CCc2ccc(C#Cc3ccc(OC)cc3)cc2)CC1.CCCC1CCC(CCc2ccc(C#Cc3ccc(OCC)cc3)cc2)CC1.CCCCCOc1ccc(C#Cc2ccc(CCC3CCC(CCC)CC3)cc2)cc1.CCCCOc1ccc(C#Cc2ccc(CCC3CCC(CCC)CC3)cc2)cc1.CCCOc1ccc(C#Cc2ccc(CCC3CCC(CCC)CC3)cc2)cc1. The first-order valence-electron chi connectivity index (χ1n) is 57.9. The van der Waals surface area contributed by atoms with E-state index in [1.807, 2.05) is 128 Å². The predicted molar refractivity (Wildman–Crippen MR) is 617 cm³/mol. The summed E-state index contributed by atoms with van der Waals surface area (Å²) in [4.78, 5) is 0. The summed E-state index contributed by atoms with van der Waals surface area (Å²) in [7, 11) is 1.68. The molecular weight excluding hydrogens is 1760 g/mol.